The van der Waals surface area contributed by atoms with Crippen LogP contribution >= 0.6 is 0 Å². The zero-order valence-electron chi connectivity index (χ0n) is 11.4. The molecule has 2 N–H and O–H groups in total. The summed E-state index contributed by atoms with van der Waals surface area (Å²) in [5, 5.41) is 19.7. The van der Waals surface area contributed by atoms with Gasteiger partial charge >= 0.3 is 0 Å². The number of rotatable bonds is 3. The van der Waals surface area contributed by atoms with Crippen molar-refractivity contribution in [3.05, 3.63) is 18.2 Å². The minimum Gasteiger partial charge on any atom is -0.388 e. The zero-order valence-corrected chi connectivity index (χ0v) is 11.4. The van der Waals surface area contributed by atoms with Gasteiger partial charge in [0.1, 0.15) is 5.82 Å². The number of piperidine rings is 1. The molecule has 1 fully saturated rings. The molecule has 0 aliphatic carbocycles. The molecule has 106 valence electrons. The second-order valence-corrected chi connectivity index (χ2v) is 5.38. The summed E-state index contributed by atoms with van der Waals surface area (Å²) < 4.78 is 1.93. The first-order valence-corrected chi connectivity index (χ1v) is 6.56. The first-order chi connectivity index (χ1) is 8.90. The molecule has 0 aromatic carbocycles. The number of aliphatic hydroxyl groups is 2. The monoisotopic (exact) mass is 267 g/mol. The van der Waals surface area contributed by atoms with Crippen molar-refractivity contribution in [2.45, 2.75) is 44.9 Å². The molecule has 6 nitrogen and oxygen atoms in total. The number of aliphatic hydroxyl groups excluding tert-OH is 1. The predicted octanol–water partition coefficient (Wildman–Crippen LogP) is -0.0742. The Morgan fingerprint density at radius 3 is 2.95 bits per heavy atom. The second-order valence-electron chi connectivity index (χ2n) is 5.38. The molecule has 1 aliphatic rings. The molecule has 19 heavy (non-hydrogen) atoms. The Hall–Kier alpha value is -1.40. The Kier molecular flexibility index (Phi) is 3.91. The van der Waals surface area contributed by atoms with Gasteiger partial charge in [0.2, 0.25) is 5.91 Å². The van der Waals surface area contributed by atoms with E-state index in [9.17, 15) is 15.0 Å². The number of carbonyl (C=O) groups excluding carboxylic acids is 1. The fraction of sp³-hybridized carbons (Fsp3) is 0.692. The van der Waals surface area contributed by atoms with Crippen molar-refractivity contribution < 1.29 is 15.0 Å². The van der Waals surface area contributed by atoms with Gasteiger partial charge in [-0.15, -0.1) is 0 Å². The number of aryl methyl sites for hydroxylation is 2. The van der Waals surface area contributed by atoms with Crippen LogP contribution in [0.1, 0.15) is 25.6 Å². The molecule has 1 saturated heterocycles. The van der Waals surface area contributed by atoms with Crippen molar-refractivity contribution in [1.29, 1.82) is 0 Å². The number of hydrogen-bond acceptors (Lipinski definition) is 4. The Morgan fingerprint density at radius 1 is 1.63 bits per heavy atom. The summed E-state index contributed by atoms with van der Waals surface area (Å²) in [4.78, 5) is 17.8. The third kappa shape index (κ3) is 3.13. The van der Waals surface area contributed by atoms with Gasteiger partial charge in [-0.05, 0) is 20.3 Å². The van der Waals surface area contributed by atoms with E-state index in [1.165, 1.54) is 0 Å². The van der Waals surface area contributed by atoms with Gasteiger partial charge in [0, 0.05) is 38.4 Å². The van der Waals surface area contributed by atoms with E-state index in [4.69, 9.17) is 0 Å². The van der Waals surface area contributed by atoms with Gasteiger partial charge in [0.25, 0.3) is 0 Å². The molecule has 1 aliphatic heterocycles. The highest BCUT2D eigenvalue weighted by molar-refractivity contribution is 5.76. The van der Waals surface area contributed by atoms with Crippen LogP contribution in [0.3, 0.4) is 0 Å². The molecule has 2 rings (SSSR count). The molecule has 1 aromatic heterocycles. The summed E-state index contributed by atoms with van der Waals surface area (Å²) in [6.45, 7) is 4.79. The highest BCUT2D eigenvalue weighted by Crippen LogP contribution is 2.22. The molecule has 0 saturated carbocycles. The minimum atomic E-state index is -1.09. The molecule has 2 heterocycles. The lowest BCUT2D eigenvalue weighted by Crippen LogP contribution is -2.55. The number of amides is 1. The van der Waals surface area contributed by atoms with Gasteiger partial charge in [-0.1, -0.05) is 0 Å². The topological polar surface area (TPSA) is 78.6 Å². The van der Waals surface area contributed by atoms with E-state index in [1.54, 1.807) is 18.0 Å². The number of hydrogen-bond donors (Lipinski definition) is 2. The highest BCUT2D eigenvalue weighted by atomic mass is 16.3. The standard InChI is InChI=1S/C13H21N3O3/c1-10-14-5-8-15(10)6-3-12(18)16-7-4-13(2,19)11(17)9-16/h5,8,11,17,19H,3-4,6-7,9H2,1-2H3/t11-,13+/m0/s1. The summed E-state index contributed by atoms with van der Waals surface area (Å²) in [5.41, 5.74) is -1.09. The van der Waals surface area contributed by atoms with Gasteiger partial charge in [0.05, 0.1) is 11.7 Å². The van der Waals surface area contributed by atoms with Crippen molar-refractivity contribution in [3.63, 3.8) is 0 Å². The number of likely N-dealkylation sites (tertiary alicyclic amines) is 1. The highest BCUT2D eigenvalue weighted by Gasteiger charge is 2.37. The van der Waals surface area contributed by atoms with Crippen molar-refractivity contribution in [1.82, 2.24) is 14.5 Å². The van der Waals surface area contributed by atoms with Crippen LogP contribution in [0.15, 0.2) is 12.4 Å². The lowest BCUT2D eigenvalue weighted by molar-refractivity contribution is -0.146. The SMILES string of the molecule is Cc1nccn1CCC(=O)N1CC[C@@](C)(O)[C@@H](O)C1. The van der Waals surface area contributed by atoms with E-state index >= 15 is 0 Å². The Balaban J connectivity index is 1.86. The van der Waals surface area contributed by atoms with Crippen LogP contribution in [0.5, 0.6) is 0 Å². The van der Waals surface area contributed by atoms with Gasteiger partial charge in [0.15, 0.2) is 0 Å². The third-order valence-corrected chi connectivity index (χ3v) is 3.84. The number of imidazole rings is 1. The minimum absolute atomic E-state index is 0.00245. The molecule has 1 aromatic rings. The van der Waals surface area contributed by atoms with E-state index in [-0.39, 0.29) is 12.5 Å². The Bertz CT molecular complexity index is 456. The number of aromatic nitrogens is 2. The van der Waals surface area contributed by atoms with Crippen LogP contribution in [0.25, 0.3) is 0 Å². The van der Waals surface area contributed by atoms with Crippen molar-refractivity contribution in [2.75, 3.05) is 13.1 Å². The van der Waals surface area contributed by atoms with E-state index in [2.05, 4.69) is 4.98 Å². The fourth-order valence-corrected chi connectivity index (χ4v) is 2.27. The second kappa shape index (κ2) is 5.30. The van der Waals surface area contributed by atoms with Gasteiger partial charge in [-0.3, -0.25) is 4.79 Å². The zero-order chi connectivity index (χ0) is 14.0. The molecule has 0 spiro atoms. The van der Waals surface area contributed by atoms with Crippen LogP contribution < -0.4 is 0 Å². The lowest BCUT2D eigenvalue weighted by Gasteiger charge is -2.40. The maximum atomic E-state index is 12.1. The van der Waals surface area contributed by atoms with Crippen molar-refractivity contribution in [2.24, 2.45) is 0 Å². The average Bonchev–Trinajstić information content (AvgIpc) is 2.75. The molecule has 0 radical (unpaired) electrons. The van der Waals surface area contributed by atoms with E-state index in [0.29, 0.717) is 25.9 Å². The Labute approximate surface area is 112 Å². The summed E-state index contributed by atoms with van der Waals surface area (Å²) in [5.74, 6) is 0.886. The predicted molar refractivity (Wildman–Crippen MR) is 69.4 cm³/mol. The van der Waals surface area contributed by atoms with Crippen molar-refractivity contribution in [3.8, 4) is 0 Å². The van der Waals surface area contributed by atoms with Crippen LogP contribution in [-0.4, -0.2) is 55.4 Å². The maximum Gasteiger partial charge on any atom is 0.224 e. The summed E-state index contributed by atoms with van der Waals surface area (Å²) in [6, 6.07) is 0. The van der Waals surface area contributed by atoms with Crippen LogP contribution in [0, 0.1) is 6.92 Å². The number of β-amino-alcohol motifs (C(OH)–C–C–N with tert-alkyl or cyclic N) is 1. The van der Waals surface area contributed by atoms with E-state index in [0.717, 1.165) is 5.82 Å². The van der Waals surface area contributed by atoms with E-state index < -0.39 is 11.7 Å². The fourth-order valence-electron chi connectivity index (χ4n) is 2.27. The maximum absolute atomic E-state index is 12.1. The summed E-state index contributed by atoms with van der Waals surface area (Å²) >= 11 is 0. The largest absolute Gasteiger partial charge is 0.388 e. The molecule has 2 atom stereocenters. The molecule has 1 amide bonds. The molecule has 0 unspecified atom stereocenters. The molecule has 0 bridgehead atoms. The number of carbonyl (C=O) groups is 1. The molecular weight excluding hydrogens is 246 g/mol. The summed E-state index contributed by atoms with van der Waals surface area (Å²) in [6.07, 6.45) is 3.47. The first-order valence-electron chi connectivity index (χ1n) is 6.56. The summed E-state index contributed by atoms with van der Waals surface area (Å²) in [7, 11) is 0. The first kappa shape index (κ1) is 14.0. The van der Waals surface area contributed by atoms with Gasteiger partial charge in [-0.25, -0.2) is 4.98 Å². The van der Waals surface area contributed by atoms with Crippen molar-refractivity contribution >= 4 is 5.91 Å². The quantitative estimate of drug-likeness (QED) is 0.803. The van der Waals surface area contributed by atoms with Gasteiger partial charge < -0.3 is 19.7 Å². The van der Waals surface area contributed by atoms with Crippen LogP contribution in [0.4, 0.5) is 0 Å². The van der Waals surface area contributed by atoms with Gasteiger partial charge in [-0.2, -0.15) is 0 Å². The average molecular weight is 267 g/mol. The van der Waals surface area contributed by atoms with E-state index in [1.807, 2.05) is 17.7 Å². The third-order valence-electron chi connectivity index (χ3n) is 3.84. The van der Waals surface area contributed by atoms with Crippen LogP contribution in [-0.2, 0) is 11.3 Å². The number of nitrogens with zero attached hydrogens (tertiary/aromatic N) is 3. The smallest absolute Gasteiger partial charge is 0.224 e. The molecular formula is C13H21N3O3. The Morgan fingerprint density at radius 2 is 2.37 bits per heavy atom. The molecule has 6 heteroatoms. The lowest BCUT2D eigenvalue weighted by atomic mass is 9.90. The van der Waals surface area contributed by atoms with Crippen LogP contribution in [0.2, 0.25) is 0 Å². The normalized spacial score (nSPS) is 27.6.